The van der Waals surface area contributed by atoms with Crippen molar-refractivity contribution in [3.05, 3.63) is 0 Å². The maximum absolute atomic E-state index is 11.6. The molecule has 238 valence electrons. The lowest BCUT2D eigenvalue weighted by Gasteiger charge is -2.64. The molecule has 15 heteroatoms. The number of carboxylic acids is 1. The fraction of sp³-hybridized carbons (Fsp3) is 0.923. The predicted octanol–water partition coefficient (Wildman–Crippen LogP) is 1.03. The molecule has 1 amide bonds. The van der Waals surface area contributed by atoms with Crippen molar-refractivity contribution in [3.8, 4) is 0 Å². The summed E-state index contributed by atoms with van der Waals surface area (Å²) in [7, 11) is 5.65. The Bertz CT molecular complexity index is 855. The smallest absolute Gasteiger partial charge is 0.475 e. The lowest BCUT2D eigenvalue weighted by atomic mass is 9.43. The maximum atomic E-state index is 11.6. The normalized spacial score (nSPS) is 32.4. The van der Waals surface area contributed by atoms with E-state index in [1.165, 1.54) is 25.7 Å². The molecule has 3 saturated carbocycles. The molecule has 2 bridgehead atoms. The van der Waals surface area contributed by atoms with E-state index in [1.807, 2.05) is 14.1 Å². The topological polar surface area (TPSA) is 135 Å². The lowest BCUT2D eigenvalue weighted by Crippen LogP contribution is -2.65. The van der Waals surface area contributed by atoms with Gasteiger partial charge in [0.1, 0.15) is 0 Å². The van der Waals surface area contributed by atoms with Gasteiger partial charge in [0.25, 0.3) is 0 Å². The summed E-state index contributed by atoms with van der Waals surface area (Å²) in [5.74, 6) is 0.713. The van der Waals surface area contributed by atoms with Crippen molar-refractivity contribution in [2.45, 2.75) is 82.9 Å². The summed E-state index contributed by atoms with van der Waals surface area (Å²) >= 11 is 0. The van der Waals surface area contributed by atoms with Gasteiger partial charge in [-0.2, -0.15) is 0 Å². The molecule has 11 nitrogen and oxygen atoms in total. The average Bonchev–Trinajstić information content (AvgIpc) is 3.56. The highest BCUT2D eigenvalue weighted by molar-refractivity contribution is 6.47. The SMILES string of the molecule is CC1(C)C2CC3OB([C@@H]4CCCN4)O[C@@]3(C)C1C2.CN(C)CC(=O)N1CCC[C@H]1B(O)O.CN(C)CC(=O)O.Cl.Cl. The Hall–Kier alpha value is -0.630. The van der Waals surface area contributed by atoms with Crippen LogP contribution in [0, 0.1) is 17.3 Å². The second kappa shape index (κ2) is 15.9. The van der Waals surface area contributed by atoms with Crippen molar-refractivity contribution in [1.29, 1.82) is 0 Å². The van der Waals surface area contributed by atoms with E-state index >= 15 is 0 Å². The number of carboxylic acid groups (broad SMARTS) is 1. The van der Waals surface area contributed by atoms with Gasteiger partial charge >= 0.3 is 20.2 Å². The van der Waals surface area contributed by atoms with Gasteiger partial charge in [-0.05, 0) is 97.4 Å². The molecule has 3 saturated heterocycles. The number of amides is 1. The van der Waals surface area contributed by atoms with E-state index in [0.717, 1.165) is 18.9 Å². The number of nitrogens with one attached hydrogen (secondary N) is 1. The zero-order chi connectivity index (χ0) is 29.1. The standard InChI is InChI=1S/C14H24BNO2.C8H17BN2O3.C4H9NO2.2ClH/c1-13(2)9-7-10(13)14(3)11(8-9)17-15(18-14)12-5-4-6-16-12;1-10(2)6-8(12)11-5-3-4-7(11)9(13)14;1-5(2)3-4(6)7;;/h9-12,16H,4-8H2,1-3H3;7,13-14H,3-6H2,1-2H3;3H2,1-2H3,(H,6,7);2*1H/t9?,10?,11?,12-,14-;7-;;;/m00.../s1. The van der Waals surface area contributed by atoms with Crippen molar-refractivity contribution in [1.82, 2.24) is 20.0 Å². The quantitative estimate of drug-likeness (QED) is 0.318. The van der Waals surface area contributed by atoms with E-state index in [1.54, 1.807) is 28.8 Å². The first kappa shape index (κ1) is 38.4. The minimum Gasteiger partial charge on any atom is -0.480 e. The van der Waals surface area contributed by atoms with Gasteiger partial charge in [-0.3, -0.25) is 14.5 Å². The minimum atomic E-state index is -1.41. The fourth-order valence-electron chi connectivity index (χ4n) is 7.06. The number of nitrogens with zero attached hydrogens (tertiary/aromatic N) is 3. The Kier molecular flexibility index (Phi) is 14.9. The second-order valence-corrected chi connectivity index (χ2v) is 13.1. The summed E-state index contributed by atoms with van der Waals surface area (Å²) in [6.45, 7) is 9.31. The highest BCUT2D eigenvalue weighted by Gasteiger charge is 2.68. The number of likely N-dealkylation sites (tertiary alicyclic amines) is 1. The van der Waals surface area contributed by atoms with Crippen LogP contribution in [0.25, 0.3) is 0 Å². The molecule has 0 aromatic heterocycles. The first-order valence-corrected chi connectivity index (χ1v) is 14.4. The van der Waals surface area contributed by atoms with E-state index in [2.05, 4.69) is 26.1 Å². The predicted molar refractivity (Wildman–Crippen MR) is 165 cm³/mol. The number of hydrogen-bond donors (Lipinski definition) is 4. The van der Waals surface area contributed by atoms with Gasteiger partial charge in [-0.1, -0.05) is 13.8 Å². The van der Waals surface area contributed by atoms with Gasteiger partial charge in [0.15, 0.2) is 0 Å². The maximum Gasteiger partial charge on any atom is 0.475 e. The second-order valence-electron chi connectivity index (χ2n) is 13.1. The highest BCUT2D eigenvalue weighted by Crippen LogP contribution is 2.65. The molecule has 3 unspecified atom stereocenters. The van der Waals surface area contributed by atoms with Gasteiger partial charge in [0, 0.05) is 12.5 Å². The molecule has 3 aliphatic heterocycles. The van der Waals surface area contributed by atoms with Crippen molar-refractivity contribution in [3.63, 3.8) is 0 Å². The van der Waals surface area contributed by atoms with Crippen molar-refractivity contribution in [2.24, 2.45) is 17.3 Å². The summed E-state index contributed by atoms with van der Waals surface area (Å²) in [4.78, 5) is 26.3. The Balaban J connectivity index is 0.000000330. The Morgan fingerprint density at radius 1 is 1.02 bits per heavy atom. The van der Waals surface area contributed by atoms with Gasteiger partial charge in [-0.25, -0.2) is 0 Å². The zero-order valence-electron chi connectivity index (χ0n) is 25.7. The summed E-state index contributed by atoms with van der Waals surface area (Å²) in [5, 5.41) is 29.7. The molecule has 3 heterocycles. The van der Waals surface area contributed by atoms with Crippen molar-refractivity contribution < 1.29 is 34.1 Å². The third-order valence-corrected chi connectivity index (χ3v) is 9.26. The number of carbonyl (C=O) groups excluding carboxylic acids is 1. The minimum absolute atomic E-state index is 0. The molecule has 6 rings (SSSR count). The van der Waals surface area contributed by atoms with Crippen LogP contribution < -0.4 is 5.32 Å². The number of halogens is 2. The molecular weight excluding hydrogens is 573 g/mol. The fourth-order valence-corrected chi connectivity index (χ4v) is 7.06. The van der Waals surface area contributed by atoms with Gasteiger partial charge < -0.3 is 39.6 Å². The summed E-state index contributed by atoms with van der Waals surface area (Å²) in [5.41, 5.74) is 0.416. The molecule has 4 N–H and O–H groups in total. The van der Waals surface area contributed by atoms with Gasteiger partial charge in [0.2, 0.25) is 5.91 Å². The van der Waals surface area contributed by atoms with E-state index in [0.29, 0.717) is 42.9 Å². The molecule has 6 fully saturated rings. The number of hydrogen-bond acceptors (Lipinski definition) is 9. The molecule has 6 atom stereocenters. The Morgan fingerprint density at radius 2 is 1.66 bits per heavy atom. The summed E-state index contributed by atoms with van der Waals surface area (Å²) in [6, 6.07) is 0. The van der Waals surface area contributed by atoms with Crippen LogP contribution in [0.3, 0.4) is 0 Å². The molecule has 0 aromatic carbocycles. The van der Waals surface area contributed by atoms with Crippen molar-refractivity contribution >= 4 is 50.9 Å². The van der Waals surface area contributed by atoms with Crippen LogP contribution in [-0.4, -0.2) is 134 Å². The van der Waals surface area contributed by atoms with Crippen LogP contribution in [0.2, 0.25) is 0 Å². The van der Waals surface area contributed by atoms with E-state index in [4.69, 9.17) is 24.5 Å². The first-order chi connectivity index (χ1) is 18.2. The molecule has 6 aliphatic rings. The van der Waals surface area contributed by atoms with E-state index in [-0.39, 0.29) is 50.0 Å². The molecule has 0 radical (unpaired) electrons. The highest BCUT2D eigenvalue weighted by atomic mass is 35.5. The number of likely N-dealkylation sites (N-methyl/N-ethyl adjacent to an activating group) is 2. The van der Waals surface area contributed by atoms with E-state index < -0.39 is 19.0 Å². The Morgan fingerprint density at radius 3 is 2.12 bits per heavy atom. The van der Waals surface area contributed by atoms with Gasteiger partial charge in [0.05, 0.1) is 30.7 Å². The lowest BCUT2D eigenvalue weighted by molar-refractivity contribution is -0.199. The third-order valence-electron chi connectivity index (χ3n) is 9.26. The molecule has 0 spiro atoms. The summed E-state index contributed by atoms with van der Waals surface area (Å²) in [6.07, 6.45) is 6.86. The third kappa shape index (κ3) is 9.18. The molecular formula is C26H52B2Cl2N4O7. The first-order valence-electron chi connectivity index (χ1n) is 14.4. The number of carbonyl (C=O) groups is 2. The van der Waals surface area contributed by atoms with E-state index in [9.17, 15) is 9.59 Å². The molecule has 0 aromatic rings. The largest absolute Gasteiger partial charge is 0.480 e. The zero-order valence-corrected chi connectivity index (χ0v) is 27.4. The average molecular weight is 625 g/mol. The van der Waals surface area contributed by atoms with Crippen LogP contribution in [-0.2, 0) is 18.9 Å². The molecule has 3 aliphatic carbocycles. The van der Waals surface area contributed by atoms with Crippen LogP contribution in [0.4, 0.5) is 0 Å². The number of aliphatic carboxylic acids is 1. The van der Waals surface area contributed by atoms with Crippen molar-refractivity contribution in [2.75, 3.05) is 54.4 Å². The Labute approximate surface area is 259 Å². The van der Waals surface area contributed by atoms with Crippen LogP contribution in [0.5, 0.6) is 0 Å². The summed E-state index contributed by atoms with van der Waals surface area (Å²) < 4.78 is 12.7. The van der Waals surface area contributed by atoms with Crippen LogP contribution in [0.1, 0.15) is 59.3 Å². The molecule has 41 heavy (non-hydrogen) atoms. The van der Waals surface area contributed by atoms with Crippen LogP contribution in [0.15, 0.2) is 0 Å². The number of rotatable bonds is 6. The monoisotopic (exact) mass is 624 g/mol. The van der Waals surface area contributed by atoms with Crippen LogP contribution >= 0.6 is 24.8 Å². The van der Waals surface area contributed by atoms with Gasteiger partial charge in [-0.15, -0.1) is 24.8 Å².